The molecule has 0 bridgehead atoms. The minimum absolute atomic E-state index is 0.653. The van der Waals surface area contributed by atoms with Gasteiger partial charge in [-0.2, -0.15) is 0 Å². The average molecular weight is 115 g/mol. The van der Waals surface area contributed by atoms with E-state index in [4.69, 9.17) is 0 Å². The first-order valence-electron chi connectivity index (χ1n) is 2.41. The van der Waals surface area contributed by atoms with Crippen LogP contribution in [0.5, 0.6) is 0 Å². The Balaban J connectivity index is 2.22. The zero-order valence-corrected chi connectivity index (χ0v) is 5.16. The summed E-state index contributed by atoms with van der Waals surface area (Å²) in [6, 6.07) is 0. The van der Waals surface area contributed by atoms with Crippen LogP contribution in [0.25, 0.3) is 0 Å². The van der Waals surface area contributed by atoms with Gasteiger partial charge in [-0.3, -0.25) is 0 Å². The van der Waals surface area contributed by atoms with Gasteiger partial charge in [0.05, 0.1) is 5.37 Å². The minimum atomic E-state index is 0.653. The van der Waals surface area contributed by atoms with Crippen molar-refractivity contribution in [3.8, 4) is 0 Å². The van der Waals surface area contributed by atoms with Crippen molar-refractivity contribution in [1.29, 1.82) is 0 Å². The Morgan fingerprint density at radius 1 is 1.86 bits per heavy atom. The molecule has 0 aromatic heterocycles. The normalized spacial score (nSPS) is 29.0. The lowest BCUT2D eigenvalue weighted by Crippen LogP contribution is -2.17. The smallest absolute Gasteiger partial charge is 0.0606 e. The van der Waals surface area contributed by atoms with E-state index in [1.807, 2.05) is 18.8 Å². The Morgan fingerprint density at radius 3 is 3.00 bits per heavy atom. The van der Waals surface area contributed by atoms with Crippen LogP contribution in [-0.4, -0.2) is 12.4 Å². The van der Waals surface area contributed by atoms with Gasteiger partial charge < -0.3 is 5.32 Å². The summed E-state index contributed by atoms with van der Waals surface area (Å²) in [6.07, 6.45) is 3.37. The number of hydrogen-bond donors (Lipinski definition) is 1. The second-order valence-electron chi connectivity index (χ2n) is 1.52. The Bertz CT molecular complexity index is 72.1. The molecule has 0 amide bonds. The van der Waals surface area contributed by atoms with Crippen molar-refractivity contribution in [3.63, 3.8) is 0 Å². The van der Waals surface area contributed by atoms with E-state index in [0.717, 1.165) is 0 Å². The van der Waals surface area contributed by atoms with Crippen LogP contribution >= 0.6 is 11.8 Å². The summed E-state index contributed by atoms with van der Waals surface area (Å²) in [6.45, 7) is 0. The van der Waals surface area contributed by atoms with E-state index < -0.39 is 0 Å². The van der Waals surface area contributed by atoms with Crippen LogP contribution in [0.15, 0.2) is 11.5 Å². The highest BCUT2D eigenvalue weighted by Crippen LogP contribution is 2.20. The summed E-state index contributed by atoms with van der Waals surface area (Å²) >= 11 is 1.85. The maximum absolute atomic E-state index is 3.16. The minimum Gasteiger partial charge on any atom is -0.308 e. The molecule has 1 aliphatic rings. The Labute approximate surface area is 48.2 Å². The zero-order chi connectivity index (χ0) is 5.11. The van der Waals surface area contributed by atoms with Crippen molar-refractivity contribution < 1.29 is 0 Å². The lowest BCUT2D eigenvalue weighted by molar-refractivity contribution is 0.761. The van der Waals surface area contributed by atoms with Crippen LogP contribution in [0.2, 0.25) is 0 Å². The molecule has 0 saturated carbocycles. The van der Waals surface area contributed by atoms with Crippen LogP contribution in [0, 0.1) is 0 Å². The van der Waals surface area contributed by atoms with E-state index in [0.29, 0.717) is 5.37 Å². The van der Waals surface area contributed by atoms with E-state index in [1.165, 1.54) is 6.42 Å². The van der Waals surface area contributed by atoms with Crippen LogP contribution < -0.4 is 5.32 Å². The van der Waals surface area contributed by atoms with Gasteiger partial charge in [-0.1, -0.05) is 6.08 Å². The molecule has 7 heavy (non-hydrogen) atoms. The molecule has 1 nitrogen and oxygen atoms in total. The highest BCUT2D eigenvalue weighted by Gasteiger charge is 2.05. The van der Waals surface area contributed by atoms with Crippen LogP contribution in [0.1, 0.15) is 6.42 Å². The number of hydrogen-bond acceptors (Lipinski definition) is 2. The number of thioether (sulfide) groups is 1. The van der Waals surface area contributed by atoms with E-state index in [2.05, 4.69) is 16.8 Å². The number of nitrogens with one attached hydrogen (secondary N) is 1. The molecule has 0 aromatic rings. The largest absolute Gasteiger partial charge is 0.308 e. The molecule has 1 unspecified atom stereocenters. The lowest BCUT2D eigenvalue weighted by Gasteiger charge is -2.02. The molecule has 2 heteroatoms. The van der Waals surface area contributed by atoms with Gasteiger partial charge in [0.1, 0.15) is 0 Å². The fourth-order valence-corrected chi connectivity index (χ4v) is 1.34. The molecule has 0 radical (unpaired) electrons. The SMILES string of the molecule is CNC1CC=CS1. The molecule has 1 atom stereocenters. The van der Waals surface area contributed by atoms with E-state index in [9.17, 15) is 0 Å². The fourth-order valence-electron chi connectivity index (χ4n) is 0.571. The molecular weight excluding hydrogens is 106 g/mol. The van der Waals surface area contributed by atoms with Gasteiger partial charge in [0.25, 0.3) is 0 Å². The second kappa shape index (κ2) is 2.38. The maximum Gasteiger partial charge on any atom is 0.0606 e. The molecule has 0 aliphatic carbocycles. The van der Waals surface area contributed by atoms with Crippen LogP contribution in [0.3, 0.4) is 0 Å². The molecule has 1 N–H and O–H groups in total. The third kappa shape index (κ3) is 1.21. The van der Waals surface area contributed by atoms with Crippen molar-refractivity contribution >= 4 is 11.8 Å². The topological polar surface area (TPSA) is 12.0 Å². The quantitative estimate of drug-likeness (QED) is 0.550. The summed E-state index contributed by atoms with van der Waals surface area (Å²) in [7, 11) is 1.99. The second-order valence-corrected chi connectivity index (χ2v) is 2.63. The molecule has 40 valence electrons. The standard InChI is InChI=1S/C5H9NS/c1-6-5-3-2-4-7-5/h2,4-6H,3H2,1H3. The van der Waals surface area contributed by atoms with Gasteiger partial charge in [-0.05, 0) is 18.9 Å². The van der Waals surface area contributed by atoms with Crippen molar-refractivity contribution in [1.82, 2.24) is 5.32 Å². The molecular formula is C5H9NS. The summed E-state index contributed by atoms with van der Waals surface area (Å²) < 4.78 is 0. The molecule has 0 saturated heterocycles. The van der Waals surface area contributed by atoms with Crippen molar-refractivity contribution in [2.45, 2.75) is 11.8 Å². The summed E-state index contributed by atoms with van der Waals surface area (Å²) in [5, 5.41) is 5.96. The molecule has 0 aromatic carbocycles. The van der Waals surface area contributed by atoms with Crippen molar-refractivity contribution in [2.24, 2.45) is 0 Å². The molecule has 1 rings (SSSR count). The summed E-state index contributed by atoms with van der Waals surface area (Å²) in [5.41, 5.74) is 0. The third-order valence-electron chi connectivity index (χ3n) is 1.01. The maximum atomic E-state index is 3.16. The average Bonchev–Trinajstić information content (AvgIpc) is 2.14. The first-order valence-corrected chi connectivity index (χ1v) is 3.35. The van der Waals surface area contributed by atoms with Crippen molar-refractivity contribution in [3.05, 3.63) is 11.5 Å². The van der Waals surface area contributed by atoms with Crippen molar-refractivity contribution in [2.75, 3.05) is 7.05 Å². The van der Waals surface area contributed by atoms with Gasteiger partial charge in [-0.15, -0.1) is 11.8 Å². The molecule has 0 spiro atoms. The van der Waals surface area contributed by atoms with Crippen LogP contribution in [0.4, 0.5) is 0 Å². The fraction of sp³-hybridized carbons (Fsp3) is 0.600. The Kier molecular flexibility index (Phi) is 1.77. The first kappa shape index (κ1) is 5.19. The van der Waals surface area contributed by atoms with E-state index >= 15 is 0 Å². The van der Waals surface area contributed by atoms with Gasteiger partial charge in [0, 0.05) is 0 Å². The Hall–Kier alpha value is 0.0500. The van der Waals surface area contributed by atoms with Gasteiger partial charge >= 0.3 is 0 Å². The third-order valence-corrected chi connectivity index (χ3v) is 2.12. The molecule has 0 fully saturated rings. The predicted octanol–water partition coefficient (Wildman–Crippen LogP) is 1.18. The van der Waals surface area contributed by atoms with Gasteiger partial charge in [0.15, 0.2) is 0 Å². The summed E-state index contributed by atoms with van der Waals surface area (Å²) in [4.78, 5) is 0. The van der Waals surface area contributed by atoms with E-state index in [1.54, 1.807) is 0 Å². The van der Waals surface area contributed by atoms with Crippen LogP contribution in [-0.2, 0) is 0 Å². The molecule has 1 heterocycles. The monoisotopic (exact) mass is 115 g/mol. The predicted molar refractivity (Wildman–Crippen MR) is 34.2 cm³/mol. The zero-order valence-electron chi connectivity index (χ0n) is 4.35. The first-order chi connectivity index (χ1) is 3.43. The van der Waals surface area contributed by atoms with Gasteiger partial charge in [0.2, 0.25) is 0 Å². The molecule has 1 aliphatic heterocycles. The Morgan fingerprint density at radius 2 is 2.71 bits per heavy atom. The highest BCUT2D eigenvalue weighted by atomic mass is 32.2. The van der Waals surface area contributed by atoms with Gasteiger partial charge in [-0.25, -0.2) is 0 Å². The number of rotatable bonds is 1. The van der Waals surface area contributed by atoms with E-state index in [-0.39, 0.29) is 0 Å². The summed E-state index contributed by atoms with van der Waals surface area (Å²) in [5.74, 6) is 0. The lowest BCUT2D eigenvalue weighted by atomic mass is 10.4. The highest BCUT2D eigenvalue weighted by molar-refractivity contribution is 8.02.